The zero-order chi connectivity index (χ0) is 12.0. The van der Waals surface area contributed by atoms with Gasteiger partial charge in [-0.15, -0.1) is 0 Å². The molecule has 1 rings (SSSR count). The van der Waals surface area contributed by atoms with Gasteiger partial charge in [-0.05, 0) is 18.2 Å². The third-order valence-electron chi connectivity index (χ3n) is 1.97. The molecule has 0 radical (unpaired) electrons. The van der Waals surface area contributed by atoms with E-state index in [1.54, 1.807) is 37.5 Å². The lowest BCUT2D eigenvalue weighted by molar-refractivity contribution is -0.115. The number of amides is 1. The number of hydrogen-bond acceptors (Lipinski definition) is 3. The molecule has 0 bridgehead atoms. The molecule has 0 saturated heterocycles. The van der Waals surface area contributed by atoms with Gasteiger partial charge < -0.3 is 10.1 Å². The zero-order valence-electron chi connectivity index (χ0n) is 8.99. The van der Waals surface area contributed by atoms with E-state index in [4.69, 9.17) is 10.00 Å². The Hall–Kier alpha value is -2.28. The molecule has 4 heteroatoms. The van der Waals surface area contributed by atoms with E-state index in [2.05, 4.69) is 11.9 Å². The minimum Gasteiger partial charge on any atom is -0.496 e. The average Bonchev–Trinajstić information content (AvgIpc) is 2.29. The highest BCUT2D eigenvalue weighted by atomic mass is 16.5. The van der Waals surface area contributed by atoms with Crippen LogP contribution in [0.2, 0.25) is 0 Å². The van der Waals surface area contributed by atoms with Crippen LogP contribution in [0.25, 0.3) is 6.08 Å². The van der Waals surface area contributed by atoms with E-state index in [0.717, 1.165) is 5.56 Å². The first-order valence-electron chi connectivity index (χ1n) is 4.68. The minimum absolute atomic E-state index is 0.157. The first-order chi connectivity index (χ1) is 7.71. The van der Waals surface area contributed by atoms with Crippen molar-refractivity contribution in [2.75, 3.05) is 12.4 Å². The van der Waals surface area contributed by atoms with E-state index in [0.29, 0.717) is 11.4 Å². The van der Waals surface area contributed by atoms with Crippen molar-refractivity contribution in [2.45, 2.75) is 6.42 Å². The maximum Gasteiger partial charge on any atom is 0.238 e. The molecule has 0 unspecified atom stereocenters. The molecular weight excluding hydrogens is 204 g/mol. The van der Waals surface area contributed by atoms with Crippen molar-refractivity contribution in [3.63, 3.8) is 0 Å². The Morgan fingerprint density at radius 2 is 2.44 bits per heavy atom. The molecule has 0 atom stereocenters. The Bertz CT molecular complexity index is 447. The van der Waals surface area contributed by atoms with E-state index in [9.17, 15) is 4.79 Å². The lowest BCUT2D eigenvalue weighted by atomic mass is 10.1. The number of rotatable bonds is 4. The van der Waals surface area contributed by atoms with Gasteiger partial charge in [0.15, 0.2) is 0 Å². The Kier molecular flexibility index (Phi) is 4.10. The third kappa shape index (κ3) is 2.85. The normalized spacial score (nSPS) is 9.00. The summed E-state index contributed by atoms with van der Waals surface area (Å²) < 4.78 is 5.11. The highest BCUT2D eigenvalue weighted by molar-refractivity contribution is 5.92. The summed E-state index contributed by atoms with van der Waals surface area (Å²) >= 11 is 0. The number of carbonyl (C=O) groups excluding carboxylic acids is 1. The predicted octanol–water partition coefficient (Wildman–Crippen LogP) is 2.19. The van der Waals surface area contributed by atoms with Gasteiger partial charge in [-0.2, -0.15) is 5.26 Å². The summed E-state index contributed by atoms with van der Waals surface area (Å²) in [6, 6.07) is 6.96. The van der Waals surface area contributed by atoms with Crippen molar-refractivity contribution < 1.29 is 9.53 Å². The molecule has 1 N–H and O–H groups in total. The van der Waals surface area contributed by atoms with E-state index in [-0.39, 0.29) is 12.3 Å². The number of nitrogens with zero attached hydrogens (tertiary/aromatic N) is 1. The number of ether oxygens (including phenoxy) is 1. The third-order valence-corrected chi connectivity index (χ3v) is 1.97. The highest BCUT2D eigenvalue weighted by Gasteiger charge is 2.04. The monoisotopic (exact) mass is 216 g/mol. The van der Waals surface area contributed by atoms with Crippen LogP contribution in [0.15, 0.2) is 24.8 Å². The summed E-state index contributed by atoms with van der Waals surface area (Å²) in [6.07, 6.45) is 1.48. The molecular formula is C12H12N2O2. The smallest absolute Gasteiger partial charge is 0.238 e. The first-order valence-corrected chi connectivity index (χ1v) is 4.68. The molecule has 1 aromatic rings. The molecule has 16 heavy (non-hydrogen) atoms. The summed E-state index contributed by atoms with van der Waals surface area (Å²) in [5, 5.41) is 11.0. The van der Waals surface area contributed by atoms with Crippen LogP contribution < -0.4 is 10.1 Å². The van der Waals surface area contributed by atoms with E-state index >= 15 is 0 Å². The van der Waals surface area contributed by atoms with Gasteiger partial charge in [0.25, 0.3) is 0 Å². The van der Waals surface area contributed by atoms with E-state index in [1.807, 2.05) is 0 Å². The molecule has 1 aromatic carbocycles. The van der Waals surface area contributed by atoms with Crippen molar-refractivity contribution in [3.05, 3.63) is 30.3 Å². The van der Waals surface area contributed by atoms with E-state index < -0.39 is 0 Å². The van der Waals surface area contributed by atoms with Crippen LogP contribution in [-0.2, 0) is 4.79 Å². The van der Waals surface area contributed by atoms with Gasteiger partial charge in [-0.1, -0.05) is 12.7 Å². The van der Waals surface area contributed by atoms with Gasteiger partial charge in [0, 0.05) is 11.3 Å². The SMILES string of the molecule is C=Cc1cc(NC(=O)CC#N)ccc1OC. The highest BCUT2D eigenvalue weighted by Crippen LogP contribution is 2.23. The van der Waals surface area contributed by atoms with Crippen LogP contribution in [0.1, 0.15) is 12.0 Å². The van der Waals surface area contributed by atoms with Gasteiger partial charge >= 0.3 is 0 Å². The largest absolute Gasteiger partial charge is 0.496 e. The van der Waals surface area contributed by atoms with Gasteiger partial charge in [0.05, 0.1) is 13.2 Å². The molecule has 0 aliphatic rings. The Labute approximate surface area is 94.1 Å². The molecule has 0 heterocycles. The Morgan fingerprint density at radius 1 is 1.69 bits per heavy atom. The second kappa shape index (κ2) is 5.56. The van der Waals surface area contributed by atoms with Crippen molar-refractivity contribution >= 4 is 17.7 Å². The molecule has 82 valence electrons. The van der Waals surface area contributed by atoms with Crippen LogP contribution in [0.5, 0.6) is 5.75 Å². The van der Waals surface area contributed by atoms with Gasteiger partial charge in [0.1, 0.15) is 12.2 Å². The maximum absolute atomic E-state index is 11.2. The first kappa shape index (κ1) is 11.8. The van der Waals surface area contributed by atoms with E-state index in [1.165, 1.54) is 0 Å². The fourth-order valence-corrected chi connectivity index (χ4v) is 1.25. The predicted molar refractivity (Wildman–Crippen MR) is 61.9 cm³/mol. The van der Waals surface area contributed by atoms with Crippen LogP contribution in [0.4, 0.5) is 5.69 Å². The number of nitrogens with one attached hydrogen (secondary N) is 1. The lowest BCUT2D eigenvalue weighted by Gasteiger charge is -2.08. The molecule has 0 fully saturated rings. The van der Waals surface area contributed by atoms with Gasteiger partial charge in [0.2, 0.25) is 5.91 Å². The Balaban J connectivity index is 2.87. The molecule has 4 nitrogen and oxygen atoms in total. The summed E-state index contributed by atoms with van der Waals surface area (Å²) in [4.78, 5) is 11.2. The second-order valence-corrected chi connectivity index (χ2v) is 3.04. The molecule has 0 spiro atoms. The molecule has 0 saturated carbocycles. The molecule has 0 aliphatic carbocycles. The fraction of sp³-hybridized carbons (Fsp3) is 0.167. The molecule has 0 aliphatic heterocycles. The lowest BCUT2D eigenvalue weighted by Crippen LogP contribution is -2.10. The van der Waals surface area contributed by atoms with Crippen LogP contribution in [-0.4, -0.2) is 13.0 Å². The summed E-state index contributed by atoms with van der Waals surface area (Å²) in [5.74, 6) is 0.357. The average molecular weight is 216 g/mol. The summed E-state index contributed by atoms with van der Waals surface area (Å²) in [6.45, 7) is 3.65. The van der Waals surface area contributed by atoms with Gasteiger partial charge in [-0.3, -0.25) is 4.79 Å². The number of benzene rings is 1. The topological polar surface area (TPSA) is 62.1 Å². The van der Waals surface area contributed by atoms with Crippen LogP contribution in [0.3, 0.4) is 0 Å². The van der Waals surface area contributed by atoms with Crippen molar-refractivity contribution in [1.82, 2.24) is 0 Å². The quantitative estimate of drug-likeness (QED) is 0.839. The summed E-state index contributed by atoms with van der Waals surface area (Å²) in [5.41, 5.74) is 1.41. The number of anilines is 1. The maximum atomic E-state index is 11.2. The van der Waals surface area contributed by atoms with Crippen molar-refractivity contribution in [1.29, 1.82) is 5.26 Å². The van der Waals surface area contributed by atoms with Crippen LogP contribution in [0, 0.1) is 11.3 Å². The molecule has 0 aromatic heterocycles. The standard InChI is InChI=1S/C12H12N2O2/c1-3-9-8-10(4-5-11(9)16-2)14-12(15)6-7-13/h3-5,8H,1,6H2,2H3,(H,14,15). The second-order valence-electron chi connectivity index (χ2n) is 3.04. The van der Waals surface area contributed by atoms with Crippen molar-refractivity contribution in [3.8, 4) is 11.8 Å². The zero-order valence-corrected chi connectivity index (χ0v) is 8.99. The van der Waals surface area contributed by atoms with Gasteiger partial charge in [-0.25, -0.2) is 0 Å². The Morgan fingerprint density at radius 3 is 3.00 bits per heavy atom. The van der Waals surface area contributed by atoms with Crippen molar-refractivity contribution in [2.24, 2.45) is 0 Å². The van der Waals surface area contributed by atoms with Crippen LogP contribution >= 0.6 is 0 Å². The number of methoxy groups -OCH3 is 1. The minimum atomic E-state index is -0.331. The fourth-order valence-electron chi connectivity index (χ4n) is 1.25. The number of nitriles is 1. The number of carbonyl (C=O) groups is 1. The molecule has 1 amide bonds. The summed E-state index contributed by atoms with van der Waals surface area (Å²) in [7, 11) is 1.57. The number of hydrogen-bond donors (Lipinski definition) is 1.